The average molecular weight is 260 g/mol. The molecule has 2 aromatic rings. The van der Waals surface area contributed by atoms with Crippen molar-refractivity contribution in [2.24, 2.45) is 0 Å². The first-order valence-electron chi connectivity index (χ1n) is 5.28. The summed E-state index contributed by atoms with van der Waals surface area (Å²) in [6.07, 6.45) is 0. The summed E-state index contributed by atoms with van der Waals surface area (Å²) < 4.78 is 0. The first-order chi connectivity index (χ1) is 8.63. The molecule has 1 aromatic heterocycles. The number of phenols is 1. The van der Waals surface area contributed by atoms with Gasteiger partial charge in [-0.2, -0.15) is 0 Å². The van der Waals surface area contributed by atoms with E-state index in [2.05, 4.69) is 0 Å². The highest BCUT2D eigenvalue weighted by molar-refractivity contribution is 7.14. The summed E-state index contributed by atoms with van der Waals surface area (Å²) in [6.45, 7) is -0.208. The van der Waals surface area contributed by atoms with Crippen molar-refractivity contribution in [2.45, 2.75) is 6.61 Å². The Kier molecular flexibility index (Phi) is 2.33. The minimum Gasteiger partial charge on any atom is -0.507 e. The Bertz CT molecular complexity index is 684. The van der Waals surface area contributed by atoms with E-state index in [4.69, 9.17) is 5.11 Å². The summed E-state index contributed by atoms with van der Waals surface area (Å²) >= 11 is 1.11. The van der Waals surface area contributed by atoms with Crippen molar-refractivity contribution in [1.29, 1.82) is 0 Å². The quantitative estimate of drug-likeness (QED) is 0.698. The second-order valence-corrected chi connectivity index (χ2v) is 5.11. The van der Waals surface area contributed by atoms with Crippen LogP contribution in [0.1, 0.15) is 36.0 Å². The van der Waals surface area contributed by atoms with Crippen molar-refractivity contribution >= 4 is 22.9 Å². The van der Waals surface area contributed by atoms with Crippen LogP contribution >= 0.6 is 11.3 Å². The van der Waals surface area contributed by atoms with Crippen molar-refractivity contribution in [2.75, 3.05) is 0 Å². The van der Waals surface area contributed by atoms with E-state index in [1.165, 1.54) is 24.3 Å². The van der Waals surface area contributed by atoms with E-state index in [1.54, 1.807) is 0 Å². The fourth-order valence-corrected chi connectivity index (χ4v) is 3.05. The lowest BCUT2D eigenvalue weighted by molar-refractivity contribution is 0.0980. The molecule has 0 unspecified atom stereocenters. The number of carbonyl (C=O) groups excluding carboxylic acids is 2. The van der Waals surface area contributed by atoms with Gasteiger partial charge in [0.05, 0.1) is 17.0 Å². The van der Waals surface area contributed by atoms with Crippen LogP contribution in [0.4, 0.5) is 0 Å². The van der Waals surface area contributed by atoms with Crippen LogP contribution in [0, 0.1) is 0 Å². The highest BCUT2D eigenvalue weighted by Crippen LogP contribution is 2.36. The van der Waals surface area contributed by atoms with Gasteiger partial charge in [-0.1, -0.05) is 6.07 Å². The third kappa shape index (κ3) is 1.35. The number of carbonyl (C=O) groups is 2. The van der Waals surface area contributed by atoms with Gasteiger partial charge in [-0.05, 0) is 18.2 Å². The molecule has 5 heteroatoms. The smallest absolute Gasteiger partial charge is 0.204 e. The SMILES string of the molecule is O=C1c2cccc(O)c2C(=O)c2cc(CO)sc21. The van der Waals surface area contributed by atoms with Gasteiger partial charge in [0, 0.05) is 16.0 Å². The second-order valence-electron chi connectivity index (χ2n) is 3.97. The maximum atomic E-state index is 12.2. The van der Waals surface area contributed by atoms with Gasteiger partial charge >= 0.3 is 0 Å². The van der Waals surface area contributed by atoms with Crippen molar-refractivity contribution < 1.29 is 19.8 Å². The van der Waals surface area contributed by atoms with Gasteiger partial charge in [0.15, 0.2) is 5.78 Å². The van der Waals surface area contributed by atoms with E-state index in [9.17, 15) is 14.7 Å². The third-order valence-corrected chi connectivity index (χ3v) is 4.02. The number of rotatable bonds is 1. The van der Waals surface area contributed by atoms with Crippen molar-refractivity contribution in [1.82, 2.24) is 0 Å². The summed E-state index contributed by atoms with van der Waals surface area (Å²) in [5, 5.41) is 18.8. The maximum absolute atomic E-state index is 12.2. The molecule has 3 rings (SSSR count). The van der Waals surface area contributed by atoms with Gasteiger partial charge in [0.1, 0.15) is 5.75 Å². The van der Waals surface area contributed by atoms with Crippen LogP contribution < -0.4 is 0 Å². The molecule has 1 aliphatic carbocycles. The predicted molar refractivity (Wildman–Crippen MR) is 65.2 cm³/mol. The van der Waals surface area contributed by atoms with E-state index in [1.807, 2.05) is 0 Å². The summed E-state index contributed by atoms with van der Waals surface area (Å²) in [6, 6.07) is 5.95. The molecule has 1 aromatic carbocycles. The molecule has 0 saturated heterocycles. The Balaban J connectivity index is 2.30. The van der Waals surface area contributed by atoms with E-state index in [0.29, 0.717) is 9.75 Å². The number of hydrogen-bond acceptors (Lipinski definition) is 5. The number of aliphatic hydroxyl groups excluding tert-OH is 1. The lowest BCUT2D eigenvalue weighted by atomic mass is 9.88. The molecule has 0 fully saturated rings. The fraction of sp³-hybridized carbons (Fsp3) is 0.0769. The normalized spacial score (nSPS) is 13.4. The van der Waals surface area contributed by atoms with Crippen LogP contribution in [-0.2, 0) is 6.61 Å². The molecule has 0 amide bonds. The highest BCUT2D eigenvalue weighted by atomic mass is 32.1. The molecule has 2 N–H and O–H groups in total. The largest absolute Gasteiger partial charge is 0.507 e. The monoisotopic (exact) mass is 260 g/mol. The first kappa shape index (κ1) is 11.1. The molecule has 4 nitrogen and oxygen atoms in total. The Hall–Kier alpha value is -1.98. The van der Waals surface area contributed by atoms with Crippen LogP contribution in [0.2, 0.25) is 0 Å². The molecule has 90 valence electrons. The number of ketones is 2. The lowest BCUT2D eigenvalue weighted by Crippen LogP contribution is -2.18. The van der Waals surface area contributed by atoms with Gasteiger partial charge < -0.3 is 10.2 Å². The van der Waals surface area contributed by atoms with Crippen molar-refractivity contribution in [3.63, 3.8) is 0 Å². The van der Waals surface area contributed by atoms with Crippen molar-refractivity contribution in [3.05, 3.63) is 50.7 Å². The van der Waals surface area contributed by atoms with E-state index in [0.717, 1.165) is 11.3 Å². The van der Waals surface area contributed by atoms with Gasteiger partial charge in [0.25, 0.3) is 0 Å². The minimum absolute atomic E-state index is 0.0530. The molecule has 1 aliphatic rings. The van der Waals surface area contributed by atoms with Gasteiger partial charge in [-0.25, -0.2) is 0 Å². The Morgan fingerprint density at radius 1 is 1.11 bits per heavy atom. The Morgan fingerprint density at radius 3 is 2.61 bits per heavy atom. The van der Waals surface area contributed by atoms with Gasteiger partial charge in [0.2, 0.25) is 5.78 Å². The standard InChI is InChI=1S/C13H8O4S/c14-5-6-4-8-11(16)10-7(2-1-3-9(10)15)12(17)13(8)18-6/h1-4,14-15H,5H2. The highest BCUT2D eigenvalue weighted by Gasteiger charge is 2.33. The van der Waals surface area contributed by atoms with Crippen LogP contribution in [0.5, 0.6) is 5.75 Å². The number of aromatic hydroxyl groups is 1. The van der Waals surface area contributed by atoms with Crippen LogP contribution in [-0.4, -0.2) is 21.8 Å². The zero-order chi connectivity index (χ0) is 12.9. The zero-order valence-electron chi connectivity index (χ0n) is 9.14. The van der Waals surface area contributed by atoms with E-state index >= 15 is 0 Å². The van der Waals surface area contributed by atoms with Crippen LogP contribution in [0.25, 0.3) is 0 Å². The number of aliphatic hydroxyl groups is 1. The molecule has 0 saturated carbocycles. The van der Waals surface area contributed by atoms with Crippen LogP contribution in [0.15, 0.2) is 24.3 Å². The molecule has 0 aliphatic heterocycles. The molecule has 0 atom stereocenters. The Labute approximate surface area is 106 Å². The zero-order valence-corrected chi connectivity index (χ0v) is 9.95. The molecular weight excluding hydrogens is 252 g/mol. The molecule has 18 heavy (non-hydrogen) atoms. The van der Waals surface area contributed by atoms with Gasteiger partial charge in [-0.15, -0.1) is 11.3 Å². The number of fused-ring (bicyclic) bond motifs is 2. The summed E-state index contributed by atoms with van der Waals surface area (Å²) in [5.74, 6) is -0.831. The fourth-order valence-electron chi connectivity index (χ4n) is 2.08. The average Bonchev–Trinajstić information content (AvgIpc) is 2.80. The topological polar surface area (TPSA) is 74.6 Å². The summed E-state index contributed by atoms with van der Waals surface area (Å²) in [4.78, 5) is 25.3. The summed E-state index contributed by atoms with van der Waals surface area (Å²) in [7, 11) is 0. The third-order valence-electron chi connectivity index (χ3n) is 2.90. The Morgan fingerprint density at radius 2 is 1.89 bits per heavy atom. The van der Waals surface area contributed by atoms with Crippen molar-refractivity contribution in [3.8, 4) is 5.75 Å². The number of thiophene rings is 1. The second kappa shape index (κ2) is 3.76. The molecule has 0 bridgehead atoms. The van der Waals surface area contributed by atoms with E-state index < -0.39 is 0 Å². The minimum atomic E-state index is -0.367. The molecular formula is C13H8O4S. The number of phenolic OH excluding ortho intramolecular Hbond substituents is 1. The predicted octanol–water partition coefficient (Wildman–Crippen LogP) is 1.72. The number of hydrogen-bond donors (Lipinski definition) is 2. The lowest BCUT2D eigenvalue weighted by Gasteiger charge is -2.14. The molecule has 1 heterocycles. The maximum Gasteiger partial charge on any atom is 0.204 e. The van der Waals surface area contributed by atoms with Gasteiger partial charge in [-0.3, -0.25) is 9.59 Å². The molecule has 0 radical (unpaired) electrons. The summed E-state index contributed by atoms with van der Waals surface area (Å²) in [5.41, 5.74) is 0.541. The van der Waals surface area contributed by atoms with E-state index in [-0.39, 0.29) is 40.6 Å². The first-order valence-corrected chi connectivity index (χ1v) is 6.10. The molecule has 0 spiro atoms. The van der Waals surface area contributed by atoms with Crippen LogP contribution in [0.3, 0.4) is 0 Å². The number of benzene rings is 1.